The second-order valence-corrected chi connectivity index (χ2v) is 2.34. The van der Waals surface area contributed by atoms with Crippen LogP contribution in [-0.4, -0.2) is 0 Å². The summed E-state index contributed by atoms with van der Waals surface area (Å²) in [5, 5.41) is 3.88. The van der Waals surface area contributed by atoms with Crippen LogP contribution in [0.3, 0.4) is 0 Å². The van der Waals surface area contributed by atoms with Gasteiger partial charge in [0, 0.05) is 0 Å². The Labute approximate surface area is 49.3 Å². The van der Waals surface area contributed by atoms with Crippen LogP contribution in [0.15, 0.2) is 23.0 Å². The quantitative estimate of drug-likeness (QED) is 0.532. The highest BCUT2D eigenvalue weighted by Gasteiger charge is 1.70. The molecule has 0 fully saturated rings. The lowest BCUT2D eigenvalue weighted by atomic mass is 10.4. The number of allylic oxidation sites excluding steroid dienone is 1. The van der Waals surface area contributed by atoms with Crippen LogP contribution < -0.4 is 0 Å². The first-order valence-corrected chi connectivity index (χ1v) is 3.11. The first-order chi connectivity index (χ1) is 3.27. The summed E-state index contributed by atoms with van der Waals surface area (Å²) in [5.41, 5.74) is 1.32. The molecule has 0 saturated heterocycles. The highest BCUT2D eigenvalue weighted by Crippen LogP contribution is 2.04. The molecule has 0 aliphatic heterocycles. The third-order valence-corrected chi connectivity index (χ3v) is 1.20. The van der Waals surface area contributed by atoms with E-state index in [-0.39, 0.29) is 0 Å². The molecule has 1 heteroatoms. The van der Waals surface area contributed by atoms with Gasteiger partial charge >= 0.3 is 0 Å². The topological polar surface area (TPSA) is 0 Å². The van der Waals surface area contributed by atoms with Crippen molar-refractivity contribution in [3.63, 3.8) is 0 Å². The van der Waals surface area contributed by atoms with Gasteiger partial charge in [0.25, 0.3) is 0 Å². The standard InChI is InChI=1S/C6H10S/c1-4-7-5-6(2)3/h4-5H,1H2,2-3H3. The summed E-state index contributed by atoms with van der Waals surface area (Å²) in [6.07, 6.45) is 0. The minimum absolute atomic E-state index is 1.32. The molecule has 0 atom stereocenters. The maximum absolute atomic E-state index is 3.55. The molecular weight excluding hydrogens is 104 g/mol. The molecule has 0 unspecified atom stereocenters. The Kier molecular flexibility index (Phi) is 3.90. The van der Waals surface area contributed by atoms with Gasteiger partial charge in [0.05, 0.1) is 0 Å². The maximum atomic E-state index is 3.55. The van der Waals surface area contributed by atoms with Crippen LogP contribution in [0.5, 0.6) is 0 Å². The van der Waals surface area contributed by atoms with E-state index in [0.717, 1.165) is 0 Å². The summed E-state index contributed by atoms with van der Waals surface area (Å²) >= 11 is 1.62. The summed E-state index contributed by atoms with van der Waals surface area (Å²) < 4.78 is 0. The fraction of sp³-hybridized carbons (Fsp3) is 0.333. The van der Waals surface area contributed by atoms with Crippen molar-refractivity contribution in [1.29, 1.82) is 0 Å². The van der Waals surface area contributed by atoms with Gasteiger partial charge in [-0.3, -0.25) is 0 Å². The predicted octanol–water partition coefficient (Wildman–Crippen LogP) is 2.79. The third-order valence-electron chi connectivity index (χ3n) is 0.400. The van der Waals surface area contributed by atoms with Crippen molar-refractivity contribution < 1.29 is 0 Å². The van der Waals surface area contributed by atoms with Gasteiger partial charge < -0.3 is 0 Å². The summed E-state index contributed by atoms with van der Waals surface area (Å²) in [6.45, 7) is 7.68. The molecule has 0 aliphatic carbocycles. The highest BCUT2D eigenvalue weighted by molar-refractivity contribution is 8.04. The average Bonchev–Trinajstić information content (AvgIpc) is 1.61. The van der Waals surface area contributed by atoms with Crippen LogP contribution in [-0.2, 0) is 0 Å². The Hall–Kier alpha value is -0.170. The summed E-state index contributed by atoms with van der Waals surface area (Å²) in [5.74, 6) is 0. The number of hydrogen-bond donors (Lipinski definition) is 0. The Morgan fingerprint density at radius 3 is 2.29 bits per heavy atom. The minimum atomic E-state index is 1.32. The zero-order valence-electron chi connectivity index (χ0n) is 4.77. The Balaban J connectivity index is 3.25. The van der Waals surface area contributed by atoms with Gasteiger partial charge in [0.1, 0.15) is 0 Å². The van der Waals surface area contributed by atoms with Gasteiger partial charge in [0.2, 0.25) is 0 Å². The summed E-state index contributed by atoms with van der Waals surface area (Å²) in [7, 11) is 0. The molecule has 0 N–H and O–H groups in total. The molecule has 0 amide bonds. The number of thioether (sulfide) groups is 1. The Morgan fingerprint density at radius 2 is 2.14 bits per heavy atom. The lowest BCUT2D eigenvalue weighted by Gasteiger charge is -1.81. The monoisotopic (exact) mass is 114 g/mol. The molecule has 0 saturated carbocycles. The molecule has 0 aromatic carbocycles. The fourth-order valence-electron chi connectivity index (χ4n) is 0.184. The molecule has 7 heavy (non-hydrogen) atoms. The van der Waals surface area contributed by atoms with E-state index in [1.165, 1.54) is 5.57 Å². The van der Waals surface area contributed by atoms with E-state index in [9.17, 15) is 0 Å². The second kappa shape index (κ2) is 4.00. The maximum Gasteiger partial charge on any atom is -0.0262 e. The van der Waals surface area contributed by atoms with Crippen LogP contribution in [0.4, 0.5) is 0 Å². The van der Waals surface area contributed by atoms with Gasteiger partial charge in [0.15, 0.2) is 0 Å². The second-order valence-electron chi connectivity index (χ2n) is 1.50. The smallest absolute Gasteiger partial charge is 0.0262 e. The van der Waals surface area contributed by atoms with E-state index in [1.54, 1.807) is 11.8 Å². The zero-order chi connectivity index (χ0) is 5.70. The molecule has 0 nitrogen and oxygen atoms in total. The Morgan fingerprint density at radius 1 is 1.57 bits per heavy atom. The van der Waals surface area contributed by atoms with Crippen molar-refractivity contribution in [3.05, 3.63) is 23.0 Å². The summed E-state index contributed by atoms with van der Waals surface area (Å²) in [4.78, 5) is 0. The molecule has 0 aromatic heterocycles. The molecule has 0 bridgehead atoms. The SMILES string of the molecule is C=CSC=C(C)C. The fourth-order valence-corrected chi connectivity index (χ4v) is 0.553. The van der Waals surface area contributed by atoms with Crippen LogP contribution >= 0.6 is 11.8 Å². The first kappa shape index (κ1) is 6.83. The van der Waals surface area contributed by atoms with Crippen molar-refractivity contribution in [1.82, 2.24) is 0 Å². The normalized spacial score (nSPS) is 7.71. The average molecular weight is 114 g/mol. The van der Waals surface area contributed by atoms with Crippen LogP contribution in [0.2, 0.25) is 0 Å². The van der Waals surface area contributed by atoms with E-state index in [4.69, 9.17) is 0 Å². The molecule has 0 heterocycles. The van der Waals surface area contributed by atoms with E-state index in [1.807, 2.05) is 5.41 Å². The van der Waals surface area contributed by atoms with Crippen molar-refractivity contribution in [2.75, 3.05) is 0 Å². The van der Waals surface area contributed by atoms with Gasteiger partial charge in [-0.1, -0.05) is 12.2 Å². The summed E-state index contributed by atoms with van der Waals surface area (Å²) in [6, 6.07) is 0. The van der Waals surface area contributed by atoms with Crippen molar-refractivity contribution in [2.24, 2.45) is 0 Å². The molecular formula is C6H10S. The minimum Gasteiger partial charge on any atom is -0.107 e. The largest absolute Gasteiger partial charge is 0.107 e. The van der Waals surface area contributed by atoms with E-state index >= 15 is 0 Å². The van der Waals surface area contributed by atoms with Crippen molar-refractivity contribution >= 4 is 11.8 Å². The van der Waals surface area contributed by atoms with Crippen molar-refractivity contribution in [2.45, 2.75) is 13.8 Å². The van der Waals surface area contributed by atoms with Gasteiger partial charge in [-0.15, -0.1) is 11.8 Å². The molecule has 0 radical (unpaired) electrons. The van der Waals surface area contributed by atoms with Crippen LogP contribution in [0.25, 0.3) is 0 Å². The van der Waals surface area contributed by atoms with Crippen LogP contribution in [0, 0.1) is 0 Å². The van der Waals surface area contributed by atoms with Gasteiger partial charge in [-0.05, 0) is 24.7 Å². The lowest BCUT2D eigenvalue weighted by Crippen LogP contribution is -1.53. The molecule has 0 spiro atoms. The van der Waals surface area contributed by atoms with E-state index < -0.39 is 0 Å². The van der Waals surface area contributed by atoms with Crippen molar-refractivity contribution in [3.8, 4) is 0 Å². The number of rotatable bonds is 2. The van der Waals surface area contributed by atoms with E-state index in [2.05, 4.69) is 25.8 Å². The van der Waals surface area contributed by atoms with E-state index in [0.29, 0.717) is 0 Å². The zero-order valence-corrected chi connectivity index (χ0v) is 5.59. The molecule has 0 aliphatic rings. The molecule has 0 aromatic rings. The number of hydrogen-bond acceptors (Lipinski definition) is 1. The third kappa shape index (κ3) is 5.83. The van der Waals surface area contributed by atoms with Gasteiger partial charge in [-0.2, -0.15) is 0 Å². The van der Waals surface area contributed by atoms with Gasteiger partial charge in [-0.25, -0.2) is 0 Å². The molecule has 0 rings (SSSR count). The molecule has 40 valence electrons. The Bertz CT molecular complexity index is 78.2. The van der Waals surface area contributed by atoms with Crippen LogP contribution in [0.1, 0.15) is 13.8 Å². The lowest BCUT2D eigenvalue weighted by molar-refractivity contribution is 1.42. The predicted molar refractivity (Wildman–Crippen MR) is 37.2 cm³/mol. The first-order valence-electron chi connectivity index (χ1n) is 2.17. The highest BCUT2D eigenvalue weighted by atomic mass is 32.2.